The number of benzene rings is 1. The van der Waals surface area contributed by atoms with E-state index in [1.54, 1.807) is 12.3 Å². The summed E-state index contributed by atoms with van der Waals surface area (Å²) in [4.78, 5) is 14.0. The first kappa shape index (κ1) is 8.97. The van der Waals surface area contributed by atoms with Gasteiger partial charge in [0.15, 0.2) is 0 Å². The van der Waals surface area contributed by atoms with E-state index in [0.717, 1.165) is 22.2 Å². The molecule has 3 nitrogen and oxygen atoms in total. The number of hydrogen-bond acceptors (Lipinski definition) is 2. The number of hydrogen-bond donors (Lipinski definition) is 1. The molecule has 3 heteroatoms. The van der Waals surface area contributed by atoms with Gasteiger partial charge in [-0.15, -0.1) is 0 Å². The van der Waals surface area contributed by atoms with Crippen molar-refractivity contribution in [3.8, 4) is 11.3 Å². The lowest BCUT2D eigenvalue weighted by molar-refractivity contribution is 0.582. The van der Waals surface area contributed by atoms with Crippen LogP contribution < -0.4 is 5.56 Å². The highest BCUT2D eigenvalue weighted by Gasteiger charge is 2.02. The molecule has 0 aliphatic carbocycles. The number of pyridine rings is 1. The summed E-state index contributed by atoms with van der Waals surface area (Å²) in [6.07, 6.45) is 1.63. The standard InChI is InChI=1S/C13H9NO2/c15-13-6-5-9-3-4-10(8-11(9)14-13)12-2-1-7-16-12/h1-8H,(H,14,15). The highest BCUT2D eigenvalue weighted by Crippen LogP contribution is 2.22. The molecule has 2 heterocycles. The van der Waals surface area contributed by atoms with E-state index < -0.39 is 0 Å². The lowest BCUT2D eigenvalue weighted by Crippen LogP contribution is -2.01. The fourth-order valence-electron chi connectivity index (χ4n) is 1.75. The number of H-pyrrole nitrogens is 1. The van der Waals surface area contributed by atoms with Crippen molar-refractivity contribution in [1.82, 2.24) is 4.98 Å². The number of aromatic nitrogens is 1. The zero-order chi connectivity index (χ0) is 11.0. The predicted octanol–water partition coefficient (Wildman–Crippen LogP) is 2.79. The van der Waals surface area contributed by atoms with Crippen LogP contribution in [0.4, 0.5) is 0 Å². The Morgan fingerprint density at radius 1 is 1.06 bits per heavy atom. The molecule has 0 atom stereocenters. The summed E-state index contributed by atoms with van der Waals surface area (Å²) in [6, 6.07) is 12.9. The smallest absolute Gasteiger partial charge is 0.248 e. The van der Waals surface area contributed by atoms with E-state index in [-0.39, 0.29) is 5.56 Å². The van der Waals surface area contributed by atoms with Crippen molar-refractivity contribution in [1.29, 1.82) is 0 Å². The van der Waals surface area contributed by atoms with E-state index in [9.17, 15) is 4.79 Å². The highest BCUT2D eigenvalue weighted by atomic mass is 16.3. The Hall–Kier alpha value is -2.29. The minimum atomic E-state index is -0.0934. The largest absolute Gasteiger partial charge is 0.464 e. The summed E-state index contributed by atoms with van der Waals surface area (Å²) in [7, 11) is 0. The molecule has 1 N–H and O–H groups in total. The molecule has 2 aromatic heterocycles. The Bertz CT molecular complexity index is 680. The van der Waals surface area contributed by atoms with Gasteiger partial charge in [-0.2, -0.15) is 0 Å². The highest BCUT2D eigenvalue weighted by molar-refractivity contribution is 5.83. The van der Waals surface area contributed by atoms with Gasteiger partial charge in [0.25, 0.3) is 0 Å². The molecule has 0 unspecified atom stereocenters. The Balaban J connectivity index is 2.26. The van der Waals surface area contributed by atoms with Crippen LogP contribution in [0.5, 0.6) is 0 Å². The Kier molecular flexibility index (Phi) is 1.90. The molecule has 0 radical (unpaired) electrons. The quantitative estimate of drug-likeness (QED) is 0.672. The van der Waals surface area contributed by atoms with Gasteiger partial charge in [0, 0.05) is 17.1 Å². The molecule has 0 saturated heterocycles. The van der Waals surface area contributed by atoms with E-state index in [0.29, 0.717) is 0 Å². The van der Waals surface area contributed by atoms with Crippen LogP contribution in [0.2, 0.25) is 0 Å². The number of aromatic amines is 1. The van der Waals surface area contributed by atoms with Gasteiger partial charge >= 0.3 is 0 Å². The second-order valence-corrected chi connectivity index (χ2v) is 3.60. The third-order valence-corrected chi connectivity index (χ3v) is 2.53. The van der Waals surface area contributed by atoms with Crippen LogP contribution in [0.3, 0.4) is 0 Å². The number of fused-ring (bicyclic) bond motifs is 1. The SMILES string of the molecule is O=c1ccc2ccc(-c3ccco3)cc2[nH]1. The minimum absolute atomic E-state index is 0.0934. The fourth-order valence-corrected chi connectivity index (χ4v) is 1.75. The third-order valence-electron chi connectivity index (χ3n) is 2.53. The normalized spacial score (nSPS) is 10.8. The van der Waals surface area contributed by atoms with Gasteiger partial charge in [0.1, 0.15) is 5.76 Å². The maximum Gasteiger partial charge on any atom is 0.248 e. The van der Waals surface area contributed by atoms with Gasteiger partial charge in [-0.05, 0) is 29.7 Å². The molecule has 1 aromatic carbocycles. The predicted molar refractivity (Wildman–Crippen MR) is 62.3 cm³/mol. The van der Waals surface area contributed by atoms with Crippen LogP contribution in [-0.2, 0) is 0 Å². The summed E-state index contributed by atoms with van der Waals surface area (Å²) < 4.78 is 5.31. The Morgan fingerprint density at radius 3 is 2.75 bits per heavy atom. The van der Waals surface area contributed by atoms with Crippen molar-refractivity contribution in [3.05, 3.63) is 59.1 Å². The molecular weight excluding hydrogens is 202 g/mol. The van der Waals surface area contributed by atoms with Gasteiger partial charge in [0.05, 0.1) is 6.26 Å². The summed E-state index contributed by atoms with van der Waals surface area (Å²) in [5.74, 6) is 0.798. The van der Waals surface area contributed by atoms with Crippen LogP contribution in [0.1, 0.15) is 0 Å². The first-order chi connectivity index (χ1) is 7.83. The van der Waals surface area contributed by atoms with Crippen molar-refractivity contribution < 1.29 is 4.42 Å². The number of rotatable bonds is 1. The van der Waals surface area contributed by atoms with E-state index in [2.05, 4.69) is 4.98 Å². The van der Waals surface area contributed by atoms with Crippen molar-refractivity contribution in [2.24, 2.45) is 0 Å². The second-order valence-electron chi connectivity index (χ2n) is 3.60. The molecule has 0 amide bonds. The first-order valence-electron chi connectivity index (χ1n) is 5.00. The molecule has 0 spiro atoms. The van der Waals surface area contributed by atoms with Gasteiger partial charge in [-0.3, -0.25) is 4.79 Å². The van der Waals surface area contributed by atoms with Crippen LogP contribution in [0.25, 0.3) is 22.2 Å². The second kappa shape index (κ2) is 3.38. The maximum atomic E-state index is 11.2. The van der Waals surface area contributed by atoms with Crippen LogP contribution in [-0.4, -0.2) is 4.98 Å². The molecule has 0 aliphatic heterocycles. The molecule has 16 heavy (non-hydrogen) atoms. The topological polar surface area (TPSA) is 46.0 Å². The van der Waals surface area contributed by atoms with Crippen molar-refractivity contribution >= 4 is 10.9 Å². The molecule has 0 aliphatic rings. The lowest BCUT2D eigenvalue weighted by Gasteiger charge is -2.00. The maximum absolute atomic E-state index is 11.2. The molecule has 0 saturated carbocycles. The van der Waals surface area contributed by atoms with Crippen molar-refractivity contribution in [2.75, 3.05) is 0 Å². The van der Waals surface area contributed by atoms with Gasteiger partial charge in [-0.25, -0.2) is 0 Å². The Morgan fingerprint density at radius 2 is 1.94 bits per heavy atom. The summed E-state index contributed by atoms with van der Waals surface area (Å²) >= 11 is 0. The number of nitrogens with one attached hydrogen (secondary N) is 1. The van der Waals surface area contributed by atoms with Crippen LogP contribution in [0.15, 0.2) is 57.9 Å². The average molecular weight is 211 g/mol. The van der Waals surface area contributed by atoms with Gasteiger partial charge < -0.3 is 9.40 Å². The van der Waals surface area contributed by atoms with E-state index >= 15 is 0 Å². The van der Waals surface area contributed by atoms with Crippen LogP contribution in [0, 0.1) is 0 Å². The Labute approximate surface area is 91.3 Å². The van der Waals surface area contributed by atoms with Crippen molar-refractivity contribution in [3.63, 3.8) is 0 Å². The van der Waals surface area contributed by atoms with Crippen LogP contribution >= 0.6 is 0 Å². The molecule has 78 valence electrons. The van der Waals surface area contributed by atoms with Gasteiger partial charge in [0.2, 0.25) is 5.56 Å². The minimum Gasteiger partial charge on any atom is -0.464 e. The zero-order valence-electron chi connectivity index (χ0n) is 8.44. The molecule has 3 aromatic rings. The summed E-state index contributed by atoms with van der Waals surface area (Å²) in [5.41, 5.74) is 1.69. The molecule has 3 rings (SSSR count). The van der Waals surface area contributed by atoms with Gasteiger partial charge in [-0.1, -0.05) is 12.1 Å². The monoisotopic (exact) mass is 211 g/mol. The zero-order valence-corrected chi connectivity index (χ0v) is 8.44. The van der Waals surface area contributed by atoms with Crippen molar-refractivity contribution in [2.45, 2.75) is 0 Å². The molecular formula is C13H9NO2. The average Bonchev–Trinajstić information content (AvgIpc) is 2.81. The summed E-state index contributed by atoms with van der Waals surface area (Å²) in [6.45, 7) is 0. The van der Waals surface area contributed by atoms with E-state index in [4.69, 9.17) is 4.42 Å². The van der Waals surface area contributed by atoms with E-state index in [1.165, 1.54) is 6.07 Å². The first-order valence-corrected chi connectivity index (χ1v) is 5.00. The fraction of sp³-hybridized carbons (Fsp3) is 0. The molecule has 0 fully saturated rings. The summed E-state index contributed by atoms with van der Waals surface area (Å²) in [5, 5.41) is 1.01. The molecule has 0 bridgehead atoms. The third kappa shape index (κ3) is 1.42. The van der Waals surface area contributed by atoms with E-state index in [1.807, 2.05) is 30.3 Å². The lowest BCUT2D eigenvalue weighted by atomic mass is 10.1. The number of furan rings is 1.